The minimum absolute atomic E-state index is 0.374. The third-order valence-corrected chi connectivity index (χ3v) is 6.67. The summed E-state index contributed by atoms with van der Waals surface area (Å²) in [7, 11) is 4.57. The molecule has 0 radical (unpaired) electrons. The molecule has 3 unspecified atom stereocenters. The molecule has 0 bridgehead atoms. The second kappa shape index (κ2) is 6.97. The van der Waals surface area contributed by atoms with Crippen LogP contribution in [0.15, 0.2) is 0 Å². The number of hydrogen-bond acceptors (Lipinski definition) is 3. The molecular weight excluding hydrogens is 258 g/mol. The van der Waals surface area contributed by atoms with Crippen LogP contribution >= 0.6 is 0 Å². The first-order valence-electron chi connectivity index (χ1n) is 9.01. The van der Waals surface area contributed by atoms with Crippen LogP contribution in [0, 0.1) is 11.3 Å². The largest absolute Gasteiger partial charge is 0.326 e. The van der Waals surface area contributed by atoms with Gasteiger partial charge in [-0.25, -0.2) is 0 Å². The van der Waals surface area contributed by atoms with Gasteiger partial charge in [0.25, 0.3) is 0 Å². The fourth-order valence-corrected chi connectivity index (χ4v) is 4.31. The maximum Gasteiger partial charge on any atom is 0.0249 e. The van der Waals surface area contributed by atoms with E-state index in [9.17, 15) is 0 Å². The standard InChI is InChI=1S/C18H37N3/c1-6-18(2,3)14-7-8-16(19)17(13-14)21(5)15-9-11-20(4)12-10-15/h14-17H,6-13,19H2,1-5H3. The second-order valence-electron chi connectivity index (χ2n) is 8.28. The van der Waals surface area contributed by atoms with Gasteiger partial charge in [0, 0.05) is 18.1 Å². The number of nitrogens with two attached hydrogens (primary N) is 1. The van der Waals surface area contributed by atoms with Crippen LogP contribution in [0.3, 0.4) is 0 Å². The Bertz CT molecular complexity index is 320. The summed E-state index contributed by atoms with van der Waals surface area (Å²) in [5.74, 6) is 0.834. The zero-order chi connectivity index (χ0) is 15.6. The predicted molar refractivity (Wildman–Crippen MR) is 91.5 cm³/mol. The van der Waals surface area contributed by atoms with Gasteiger partial charge < -0.3 is 10.6 Å². The number of nitrogens with zero attached hydrogens (tertiary/aromatic N) is 2. The summed E-state index contributed by atoms with van der Waals surface area (Å²) in [6, 6.07) is 1.70. The van der Waals surface area contributed by atoms with Crippen LogP contribution < -0.4 is 5.73 Å². The molecular formula is C18H37N3. The Kier molecular flexibility index (Phi) is 5.72. The molecule has 2 aliphatic rings. The predicted octanol–water partition coefficient (Wildman–Crippen LogP) is 2.94. The maximum absolute atomic E-state index is 6.51. The molecule has 2 N–H and O–H groups in total. The van der Waals surface area contributed by atoms with E-state index < -0.39 is 0 Å². The molecule has 0 aromatic rings. The van der Waals surface area contributed by atoms with Crippen molar-refractivity contribution in [3.63, 3.8) is 0 Å². The molecule has 1 saturated heterocycles. The Labute approximate surface area is 132 Å². The minimum atomic E-state index is 0.374. The SMILES string of the molecule is CCC(C)(C)C1CCC(N)C(N(C)C2CCN(C)CC2)C1. The fraction of sp³-hybridized carbons (Fsp3) is 1.00. The maximum atomic E-state index is 6.51. The summed E-state index contributed by atoms with van der Waals surface area (Å²) in [5, 5.41) is 0. The molecule has 0 amide bonds. The van der Waals surface area contributed by atoms with Crippen molar-refractivity contribution in [2.24, 2.45) is 17.1 Å². The lowest BCUT2D eigenvalue weighted by molar-refractivity contribution is 0.0344. The molecule has 0 aromatic heterocycles. The highest BCUT2D eigenvalue weighted by atomic mass is 15.2. The first-order chi connectivity index (χ1) is 9.85. The molecule has 3 atom stereocenters. The minimum Gasteiger partial charge on any atom is -0.326 e. The lowest BCUT2D eigenvalue weighted by Crippen LogP contribution is -2.56. The number of likely N-dealkylation sites (tertiary alicyclic amines) is 1. The molecule has 2 fully saturated rings. The highest BCUT2D eigenvalue weighted by Gasteiger charge is 2.39. The molecule has 0 aromatic carbocycles. The van der Waals surface area contributed by atoms with Gasteiger partial charge in [0.2, 0.25) is 0 Å². The molecule has 124 valence electrons. The van der Waals surface area contributed by atoms with Crippen LogP contribution in [0.5, 0.6) is 0 Å². The monoisotopic (exact) mass is 295 g/mol. The van der Waals surface area contributed by atoms with Gasteiger partial charge in [-0.3, -0.25) is 4.90 Å². The number of hydrogen-bond donors (Lipinski definition) is 1. The van der Waals surface area contributed by atoms with Gasteiger partial charge in [-0.2, -0.15) is 0 Å². The summed E-state index contributed by atoms with van der Waals surface area (Å²) in [5.41, 5.74) is 6.97. The molecule has 1 saturated carbocycles. The third kappa shape index (κ3) is 4.00. The molecule has 21 heavy (non-hydrogen) atoms. The Morgan fingerprint density at radius 3 is 2.33 bits per heavy atom. The smallest absolute Gasteiger partial charge is 0.0249 e. The van der Waals surface area contributed by atoms with Crippen molar-refractivity contribution >= 4 is 0 Å². The highest BCUT2D eigenvalue weighted by molar-refractivity contribution is 4.95. The molecule has 1 aliphatic heterocycles. The van der Waals surface area contributed by atoms with Gasteiger partial charge in [0.15, 0.2) is 0 Å². The average Bonchev–Trinajstić information content (AvgIpc) is 2.47. The zero-order valence-corrected chi connectivity index (χ0v) is 14.9. The van der Waals surface area contributed by atoms with E-state index >= 15 is 0 Å². The molecule has 3 heteroatoms. The summed E-state index contributed by atoms with van der Waals surface area (Å²) in [6.07, 6.45) is 7.70. The van der Waals surface area contributed by atoms with Gasteiger partial charge in [-0.1, -0.05) is 27.2 Å². The lowest BCUT2D eigenvalue weighted by atomic mass is 9.67. The van der Waals surface area contributed by atoms with Gasteiger partial charge >= 0.3 is 0 Å². The summed E-state index contributed by atoms with van der Waals surface area (Å²) >= 11 is 0. The van der Waals surface area contributed by atoms with E-state index in [0.717, 1.165) is 12.0 Å². The molecule has 2 rings (SSSR count). The molecule has 1 aliphatic carbocycles. The van der Waals surface area contributed by atoms with Crippen molar-refractivity contribution in [3.8, 4) is 0 Å². The van der Waals surface area contributed by atoms with Gasteiger partial charge in [0.05, 0.1) is 0 Å². The lowest BCUT2D eigenvalue weighted by Gasteiger charge is -2.48. The van der Waals surface area contributed by atoms with Crippen LogP contribution in [-0.2, 0) is 0 Å². The zero-order valence-electron chi connectivity index (χ0n) is 14.9. The van der Waals surface area contributed by atoms with Gasteiger partial charge in [-0.05, 0) is 70.6 Å². The van der Waals surface area contributed by atoms with Crippen LogP contribution in [0.1, 0.15) is 59.3 Å². The summed E-state index contributed by atoms with van der Waals surface area (Å²) < 4.78 is 0. The summed E-state index contributed by atoms with van der Waals surface area (Å²) in [4.78, 5) is 5.10. The van der Waals surface area contributed by atoms with Crippen molar-refractivity contribution in [3.05, 3.63) is 0 Å². The Morgan fingerprint density at radius 1 is 1.14 bits per heavy atom. The number of rotatable bonds is 4. The van der Waals surface area contributed by atoms with E-state index in [-0.39, 0.29) is 0 Å². The van der Waals surface area contributed by atoms with E-state index in [1.165, 1.54) is 51.6 Å². The van der Waals surface area contributed by atoms with Crippen LogP contribution in [-0.4, -0.2) is 55.1 Å². The Hall–Kier alpha value is -0.120. The average molecular weight is 296 g/mol. The molecule has 1 heterocycles. The van der Waals surface area contributed by atoms with E-state index in [4.69, 9.17) is 5.73 Å². The van der Waals surface area contributed by atoms with Crippen LogP contribution in [0.2, 0.25) is 0 Å². The number of piperidine rings is 1. The van der Waals surface area contributed by atoms with Gasteiger partial charge in [0.1, 0.15) is 0 Å². The van der Waals surface area contributed by atoms with Crippen molar-refractivity contribution < 1.29 is 0 Å². The van der Waals surface area contributed by atoms with Crippen LogP contribution in [0.4, 0.5) is 0 Å². The fourth-order valence-electron chi connectivity index (χ4n) is 4.31. The third-order valence-electron chi connectivity index (χ3n) is 6.67. The van der Waals surface area contributed by atoms with E-state index in [0.29, 0.717) is 17.5 Å². The van der Waals surface area contributed by atoms with Crippen molar-refractivity contribution in [2.45, 2.75) is 77.4 Å². The Balaban J connectivity index is 1.99. The Morgan fingerprint density at radius 2 is 1.76 bits per heavy atom. The van der Waals surface area contributed by atoms with E-state index in [2.05, 4.69) is 44.7 Å². The van der Waals surface area contributed by atoms with E-state index in [1.54, 1.807) is 0 Å². The van der Waals surface area contributed by atoms with Crippen molar-refractivity contribution in [1.82, 2.24) is 9.80 Å². The molecule has 0 spiro atoms. The van der Waals surface area contributed by atoms with Crippen molar-refractivity contribution in [2.75, 3.05) is 27.2 Å². The number of likely N-dealkylation sites (N-methyl/N-ethyl adjacent to an activating group) is 1. The first-order valence-corrected chi connectivity index (χ1v) is 9.01. The van der Waals surface area contributed by atoms with E-state index in [1.807, 2.05) is 0 Å². The first kappa shape index (κ1) is 17.2. The second-order valence-corrected chi connectivity index (χ2v) is 8.28. The normalized spacial score (nSPS) is 33.6. The van der Waals surface area contributed by atoms with Crippen LogP contribution in [0.25, 0.3) is 0 Å². The van der Waals surface area contributed by atoms with Crippen molar-refractivity contribution in [1.29, 1.82) is 0 Å². The van der Waals surface area contributed by atoms with Gasteiger partial charge in [-0.15, -0.1) is 0 Å². The highest BCUT2D eigenvalue weighted by Crippen LogP contribution is 2.41. The summed E-state index contributed by atoms with van der Waals surface area (Å²) in [6.45, 7) is 9.70. The quantitative estimate of drug-likeness (QED) is 0.865. The molecule has 3 nitrogen and oxygen atoms in total. The topological polar surface area (TPSA) is 32.5 Å².